The summed E-state index contributed by atoms with van der Waals surface area (Å²) in [6.45, 7) is 7.90. The van der Waals surface area contributed by atoms with Crippen molar-refractivity contribution in [1.29, 1.82) is 0 Å². The lowest BCUT2D eigenvalue weighted by molar-refractivity contribution is 0.397. The Morgan fingerprint density at radius 2 is 1.27 bits per heavy atom. The summed E-state index contributed by atoms with van der Waals surface area (Å²) in [5.74, 6) is 1.20. The molecule has 0 fully saturated rings. The van der Waals surface area contributed by atoms with Gasteiger partial charge in [0.05, 0.1) is 12.8 Å². The van der Waals surface area contributed by atoms with Gasteiger partial charge < -0.3 is 14.5 Å². The van der Waals surface area contributed by atoms with Gasteiger partial charge in [-0.25, -0.2) is 5.01 Å². The van der Waals surface area contributed by atoms with Gasteiger partial charge in [-0.2, -0.15) is 10.1 Å². The number of nitrogens with zero attached hydrogens (tertiary/aromatic N) is 5. The summed E-state index contributed by atoms with van der Waals surface area (Å²) in [5.41, 5.74) is 7.80. The zero-order valence-electron chi connectivity index (χ0n) is 27.8. The molecule has 1 aliphatic heterocycles. The van der Waals surface area contributed by atoms with Crippen LogP contribution >= 0.6 is 11.6 Å². The highest BCUT2D eigenvalue weighted by Crippen LogP contribution is 2.39. The van der Waals surface area contributed by atoms with Gasteiger partial charge in [0.25, 0.3) is 0 Å². The summed E-state index contributed by atoms with van der Waals surface area (Å²) >= 11 is 7.28. The van der Waals surface area contributed by atoms with Crippen LogP contribution in [0.25, 0.3) is 6.08 Å². The quantitative estimate of drug-likeness (QED) is 0.118. The van der Waals surface area contributed by atoms with Crippen LogP contribution in [0.15, 0.2) is 139 Å². The minimum absolute atomic E-state index is 0.262. The van der Waals surface area contributed by atoms with Crippen LogP contribution in [0.4, 0.5) is 17.2 Å². The number of hydrogen-bond donors (Lipinski definition) is 0. The van der Waals surface area contributed by atoms with Crippen LogP contribution in [-0.4, -0.2) is 36.3 Å². The number of ether oxygens (including phenoxy) is 1. The van der Waals surface area contributed by atoms with E-state index in [-0.39, 0.29) is 6.04 Å². The first-order valence-corrected chi connectivity index (χ1v) is 17.0. The SMILES string of the molecule is CCN(CC)c1ccc(C=CC2=NN(c3cccc(OC)n3)C(c3ccc(N(Cc4ccccc4)Cc4ccccc4)cc3)C2Cl)cc1. The molecule has 0 amide bonds. The van der Waals surface area contributed by atoms with Crippen molar-refractivity contribution in [3.05, 3.63) is 156 Å². The first kappa shape index (κ1) is 32.9. The highest BCUT2D eigenvalue weighted by atomic mass is 35.5. The standard InChI is InChI=1S/C41H42ClN5O/c1-4-45(5-2)35-24-19-31(20-25-35)21-28-37-40(42)41(47(44-37)38-17-12-18-39(43-38)48-3)34-22-26-36(27-23-34)46(29-32-13-8-6-9-14-32)30-33-15-10-7-11-16-33/h6-28,40-41H,4-5,29-30H2,1-3H3. The maximum absolute atomic E-state index is 7.28. The van der Waals surface area contributed by atoms with Gasteiger partial charge in [-0.1, -0.05) is 97.1 Å². The molecule has 48 heavy (non-hydrogen) atoms. The Morgan fingerprint density at radius 3 is 1.85 bits per heavy atom. The number of allylic oxidation sites excluding steroid dienone is 1. The fourth-order valence-corrected chi connectivity index (χ4v) is 6.47. The second-order valence-corrected chi connectivity index (χ2v) is 12.2. The van der Waals surface area contributed by atoms with E-state index in [1.807, 2.05) is 29.3 Å². The third-order valence-electron chi connectivity index (χ3n) is 8.70. The van der Waals surface area contributed by atoms with Crippen LogP contribution in [-0.2, 0) is 13.1 Å². The molecule has 1 aromatic heterocycles. The van der Waals surface area contributed by atoms with Crippen LogP contribution < -0.4 is 19.5 Å². The lowest BCUT2D eigenvalue weighted by Gasteiger charge is -2.28. The number of hydrazone groups is 1. The average molecular weight is 656 g/mol. The summed E-state index contributed by atoms with van der Waals surface area (Å²) in [4.78, 5) is 9.45. The van der Waals surface area contributed by atoms with E-state index in [1.54, 1.807) is 7.11 Å². The van der Waals surface area contributed by atoms with Crippen molar-refractivity contribution in [2.45, 2.75) is 38.4 Å². The second kappa shape index (κ2) is 15.7. The number of benzene rings is 4. The van der Waals surface area contributed by atoms with E-state index >= 15 is 0 Å². The largest absolute Gasteiger partial charge is 0.481 e. The molecule has 7 heteroatoms. The molecule has 0 N–H and O–H groups in total. The number of anilines is 3. The Kier molecular flexibility index (Phi) is 10.7. The van der Waals surface area contributed by atoms with Crippen LogP contribution in [0, 0.1) is 0 Å². The Bertz CT molecular complexity index is 1760. The molecule has 2 atom stereocenters. The third kappa shape index (κ3) is 7.72. The van der Waals surface area contributed by atoms with E-state index in [0.29, 0.717) is 11.7 Å². The van der Waals surface area contributed by atoms with Gasteiger partial charge in [0.2, 0.25) is 5.88 Å². The molecule has 0 aliphatic carbocycles. The minimum Gasteiger partial charge on any atom is -0.481 e. The fourth-order valence-electron chi connectivity index (χ4n) is 6.10. The average Bonchev–Trinajstić information content (AvgIpc) is 3.48. The number of pyridine rings is 1. The van der Waals surface area contributed by atoms with Crippen molar-refractivity contribution < 1.29 is 4.74 Å². The highest BCUT2D eigenvalue weighted by Gasteiger charge is 2.38. The predicted octanol–water partition coefficient (Wildman–Crippen LogP) is 9.38. The number of methoxy groups -OCH3 is 1. The number of alkyl halides is 1. The maximum atomic E-state index is 7.28. The molecule has 5 aromatic rings. The van der Waals surface area contributed by atoms with E-state index < -0.39 is 5.38 Å². The third-order valence-corrected chi connectivity index (χ3v) is 9.16. The van der Waals surface area contributed by atoms with Gasteiger partial charge in [-0.15, -0.1) is 11.6 Å². The zero-order chi connectivity index (χ0) is 33.3. The summed E-state index contributed by atoms with van der Waals surface area (Å²) in [6.07, 6.45) is 4.10. The first-order chi connectivity index (χ1) is 23.6. The Balaban J connectivity index is 1.29. The summed E-state index contributed by atoms with van der Waals surface area (Å²) in [6, 6.07) is 43.9. The van der Waals surface area contributed by atoms with Crippen molar-refractivity contribution in [1.82, 2.24) is 4.98 Å². The molecule has 0 radical (unpaired) electrons. The van der Waals surface area contributed by atoms with Crippen LogP contribution in [0.2, 0.25) is 0 Å². The zero-order valence-corrected chi connectivity index (χ0v) is 28.5. The van der Waals surface area contributed by atoms with Gasteiger partial charge in [-0.3, -0.25) is 0 Å². The lowest BCUT2D eigenvalue weighted by atomic mass is 10.00. The first-order valence-electron chi connectivity index (χ1n) is 16.5. The van der Waals surface area contributed by atoms with E-state index in [4.69, 9.17) is 26.4 Å². The molecule has 2 heterocycles. The van der Waals surface area contributed by atoms with E-state index in [0.717, 1.165) is 48.7 Å². The monoisotopic (exact) mass is 655 g/mol. The van der Waals surface area contributed by atoms with Crippen LogP contribution in [0.5, 0.6) is 5.88 Å². The Hall–Kier alpha value is -5.07. The molecule has 0 saturated carbocycles. The molecule has 0 bridgehead atoms. The molecule has 244 valence electrons. The van der Waals surface area contributed by atoms with E-state index in [9.17, 15) is 0 Å². The minimum atomic E-state index is -0.403. The highest BCUT2D eigenvalue weighted by molar-refractivity contribution is 6.36. The van der Waals surface area contributed by atoms with Crippen molar-refractivity contribution in [3.63, 3.8) is 0 Å². The number of halogens is 1. The molecule has 0 spiro atoms. The maximum Gasteiger partial charge on any atom is 0.214 e. The van der Waals surface area contributed by atoms with Crippen LogP contribution in [0.3, 0.4) is 0 Å². The lowest BCUT2D eigenvalue weighted by Crippen LogP contribution is -2.26. The fraction of sp³-hybridized carbons (Fsp3) is 0.220. The van der Waals surface area contributed by atoms with E-state index in [1.165, 1.54) is 16.8 Å². The normalized spacial score (nSPS) is 15.8. The molecule has 4 aromatic carbocycles. The predicted molar refractivity (Wildman–Crippen MR) is 201 cm³/mol. The molecule has 1 aliphatic rings. The van der Waals surface area contributed by atoms with Crippen molar-refractivity contribution in [2.24, 2.45) is 5.10 Å². The van der Waals surface area contributed by atoms with Crippen LogP contribution in [0.1, 0.15) is 42.1 Å². The number of hydrogen-bond acceptors (Lipinski definition) is 6. The van der Waals surface area contributed by atoms with Crippen molar-refractivity contribution in [3.8, 4) is 5.88 Å². The number of rotatable bonds is 13. The van der Waals surface area contributed by atoms with Gasteiger partial charge >= 0.3 is 0 Å². The van der Waals surface area contributed by atoms with Crippen molar-refractivity contribution in [2.75, 3.05) is 35.0 Å². The smallest absolute Gasteiger partial charge is 0.214 e. The molecule has 2 unspecified atom stereocenters. The summed E-state index contributed by atoms with van der Waals surface area (Å²) < 4.78 is 5.45. The topological polar surface area (TPSA) is 44.2 Å². The molecular weight excluding hydrogens is 614 g/mol. The molecule has 6 rings (SSSR count). The van der Waals surface area contributed by atoms with Gasteiger partial charge in [0, 0.05) is 43.6 Å². The van der Waals surface area contributed by atoms with Gasteiger partial charge in [-0.05, 0) is 72.5 Å². The summed E-state index contributed by atoms with van der Waals surface area (Å²) in [7, 11) is 1.62. The molecule has 0 saturated heterocycles. The number of aromatic nitrogens is 1. The second-order valence-electron chi connectivity index (χ2n) is 11.8. The summed E-state index contributed by atoms with van der Waals surface area (Å²) in [5, 5.41) is 6.54. The Morgan fingerprint density at radius 1 is 0.688 bits per heavy atom. The van der Waals surface area contributed by atoms with E-state index in [2.05, 4.69) is 139 Å². The van der Waals surface area contributed by atoms with Crippen molar-refractivity contribution >= 4 is 40.6 Å². The van der Waals surface area contributed by atoms with Gasteiger partial charge in [0.1, 0.15) is 11.4 Å². The Labute approximate surface area is 289 Å². The molecule has 6 nitrogen and oxygen atoms in total. The van der Waals surface area contributed by atoms with Gasteiger partial charge in [0.15, 0.2) is 5.82 Å². The molecular formula is C41H42ClN5O.